The molecule has 0 rings (SSSR count). The molecule has 0 heterocycles. The van der Waals surface area contributed by atoms with Crippen molar-refractivity contribution in [3.05, 3.63) is 0 Å². The van der Waals surface area contributed by atoms with Crippen LogP contribution in [0.2, 0.25) is 36.3 Å². The van der Waals surface area contributed by atoms with Crippen LogP contribution in [0.3, 0.4) is 0 Å². The molecule has 0 aromatic rings. The highest BCUT2D eigenvalue weighted by Crippen LogP contribution is 2.38. The summed E-state index contributed by atoms with van der Waals surface area (Å²) in [5, 5.41) is 0.00557. The summed E-state index contributed by atoms with van der Waals surface area (Å²) < 4.78 is 35.9. The van der Waals surface area contributed by atoms with Crippen molar-refractivity contribution in [2.45, 2.75) is 77.8 Å². The van der Waals surface area contributed by atoms with Gasteiger partial charge in [0.25, 0.3) is 0 Å². The van der Waals surface area contributed by atoms with Crippen molar-refractivity contribution in [2.24, 2.45) is 0 Å². The Morgan fingerprint density at radius 1 is 0.714 bits per heavy atom. The fourth-order valence-corrected chi connectivity index (χ4v) is 5.67. The Kier molecular flexibility index (Phi) is 6.52. The molecule has 0 fully saturated rings. The smallest absolute Gasteiger partial charge is 0.195 e. The molecule has 0 saturated heterocycles. The molecule has 7 heteroatoms. The monoisotopic (exact) mass is 354 g/mol. The van der Waals surface area contributed by atoms with Gasteiger partial charge in [0, 0.05) is 0 Å². The summed E-state index contributed by atoms with van der Waals surface area (Å²) >= 11 is 0. The minimum atomic E-state index is -3.34. The van der Waals surface area contributed by atoms with Crippen LogP contribution < -0.4 is 0 Å². The Bertz CT molecular complexity index is 407. The summed E-state index contributed by atoms with van der Waals surface area (Å²) in [5.41, 5.74) is 0. The minimum Gasteiger partial charge on any atom is -0.403 e. The van der Waals surface area contributed by atoms with Gasteiger partial charge in [0.1, 0.15) is 11.9 Å². The molecule has 0 aliphatic heterocycles. The summed E-state index contributed by atoms with van der Waals surface area (Å²) in [7, 11) is -7.44. The minimum absolute atomic E-state index is 0.00279. The third-order valence-corrected chi connectivity index (χ3v) is 15.1. The first kappa shape index (κ1) is 21.3. The Morgan fingerprint density at radius 2 is 0.952 bits per heavy atom. The van der Waals surface area contributed by atoms with Crippen LogP contribution in [0.5, 0.6) is 0 Å². The molecule has 0 radical (unpaired) electrons. The normalized spacial score (nSPS) is 15.3. The van der Waals surface area contributed by atoms with E-state index < -0.39 is 26.5 Å². The molecule has 0 spiro atoms. The third kappa shape index (κ3) is 6.52. The maximum Gasteiger partial charge on any atom is 0.195 e. The predicted octanol–water partition coefficient (Wildman–Crippen LogP) is 4.36. The maximum absolute atomic E-state index is 12.2. The average Bonchev–Trinajstić information content (AvgIpc) is 2.21. The quantitative estimate of drug-likeness (QED) is 0.665. The summed E-state index contributed by atoms with van der Waals surface area (Å²) in [4.78, 5) is 0. The van der Waals surface area contributed by atoms with E-state index in [-0.39, 0.29) is 22.0 Å². The summed E-state index contributed by atoms with van der Waals surface area (Å²) in [6.07, 6.45) is 0. The number of sulfone groups is 1. The molecule has 21 heavy (non-hydrogen) atoms. The number of rotatable bonds is 6. The van der Waals surface area contributed by atoms with Gasteiger partial charge in [-0.3, -0.25) is 0 Å². The SMILES string of the molecule is CC(C)(C)[Si](C)(C)OCS(=O)(=O)CO[Si](C)(C)C(C)(C)C. The van der Waals surface area contributed by atoms with Crippen LogP contribution in [-0.2, 0) is 18.7 Å². The largest absolute Gasteiger partial charge is 0.403 e. The molecule has 0 atom stereocenters. The van der Waals surface area contributed by atoms with Gasteiger partial charge < -0.3 is 8.85 Å². The van der Waals surface area contributed by atoms with Gasteiger partial charge in [-0.25, -0.2) is 8.42 Å². The van der Waals surface area contributed by atoms with E-state index in [0.717, 1.165) is 0 Å². The lowest BCUT2D eigenvalue weighted by Gasteiger charge is -2.37. The Morgan fingerprint density at radius 3 is 1.14 bits per heavy atom. The van der Waals surface area contributed by atoms with Gasteiger partial charge in [0.15, 0.2) is 26.5 Å². The molecule has 0 saturated carbocycles. The van der Waals surface area contributed by atoms with E-state index in [9.17, 15) is 8.42 Å². The van der Waals surface area contributed by atoms with Crippen molar-refractivity contribution in [1.29, 1.82) is 0 Å². The standard InChI is InChI=1S/C14H34O4SSi2/c1-13(2,3)20(7,8)17-11-19(15,16)12-18-21(9,10)14(4,5)6/h11-12H2,1-10H3. The molecule has 0 bridgehead atoms. The second-order valence-electron chi connectivity index (χ2n) is 8.79. The van der Waals surface area contributed by atoms with E-state index in [1.807, 2.05) is 0 Å². The van der Waals surface area contributed by atoms with Crippen LogP contribution in [0.15, 0.2) is 0 Å². The van der Waals surface area contributed by atoms with E-state index in [0.29, 0.717) is 0 Å². The number of hydrogen-bond donors (Lipinski definition) is 0. The predicted molar refractivity (Wildman–Crippen MR) is 95.2 cm³/mol. The second kappa shape index (κ2) is 6.43. The molecule has 0 unspecified atom stereocenters. The molecule has 128 valence electrons. The Hall–Kier alpha value is 0.304. The Balaban J connectivity index is 4.69. The molecule has 0 amide bonds. The maximum atomic E-state index is 12.2. The first-order valence-electron chi connectivity index (χ1n) is 7.40. The lowest BCUT2D eigenvalue weighted by Crippen LogP contribution is -2.44. The first-order valence-corrected chi connectivity index (χ1v) is 15.0. The molecule has 0 aliphatic carbocycles. The van der Waals surface area contributed by atoms with Crippen LogP contribution in [0.25, 0.3) is 0 Å². The van der Waals surface area contributed by atoms with Gasteiger partial charge in [-0.2, -0.15) is 0 Å². The van der Waals surface area contributed by atoms with Crippen molar-refractivity contribution in [1.82, 2.24) is 0 Å². The average molecular weight is 355 g/mol. The van der Waals surface area contributed by atoms with E-state index in [4.69, 9.17) is 8.85 Å². The highest BCUT2D eigenvalue weighted by molar-refractivity contribution is 7.91. The molecule has 0 aliphatic rings. The van der Waals surface area contributed by atoms with Crippen LogP contribution >= 0.6 is 0 Å². The molecule has 0 N–H and O–H groups in total. The molecule has 0 aromatic heterocycles. The zero-order valence-electron chi connectivity index (χ0n) is 15.5. The van der Waals surface area contributed by atoms with Crippen molar-refractivity contribution in [2.75, 3.05) is 11.9 Å². The van der Waals surface area contributed by atoms with E-state index in [2.05, 4.69) is 67.7 Å². The van der Waals surface area contributed by atoms with Crippen molar-refractivity contribution < 1.29 is 17.3 Å². The van der Waals surface area contributed by atoms with Gasteiger partial charge >= 0.3 is 0 Å². The van der Waals surface area contributed by atoms with Crippen LogP contribution in [-0.4, -0.2) is 36.9 Å². The lowest BCUT2D eigenvalue weighted by atomic mass is 10.2. The van der Waals surface area contributed by atoms with Gasteiger partial charge in [0.05, 0.1) is 0 Å². The summed E-state index contributed by atoms with van der Waals surface area (Å²) in [6, 6.07) is 0. The fraction of sp³-hybridized carbons (Fsp3) is 1.00. The zero-order chi connectivity index (χ0) is 17.3. The van der Waals surface area contributed by atoms with E-state index in [1.165, 1.54) is 0 Å². The van der Waals surface area contributed by atoms with Crippen LogP contribution in [0.1, 0.15) is 41.5 Å². The highest BCUT2D eigenvalue weighted by atomic mass is 32.2. The third-order valence-electron chi connectivity index (χ3n) is 4.81. The molecule has 4 nitrogen and oxygen atoms in total. The van der Waals surface area contributed by atoms with Gasteiger partial charge in [-0.05, 0) is 36.3 Å². The van der Waals surface area contributed by atoms with Crippen LogP contribution in [0, 0.1) is 0 Å². The Labute approximate surface area is 133 Å². The highest BCUT2D eigenvalue weighted by Gasteiger charge is 2.40. The van der Waals surface area contributed by atoms with Gasteiger partial charge in [-0.1, -0.05) is 41.5 Å². The summed E-state index contributed by atoms with van der Waals surface area (Å²) in [5.74, 6) is -0.476. The van der Waals surface area contributed by atoms with E-state index >= 15 is 0 Å². The zero-order valence-corrected chi connectivity index (χ0v) is 18.3. The van der Waals surface area contributed by atoms with E-state index in [1.54, 1.807) is 0 Å². The van der Waals surface area contributed by atoms with Crippen molar-refractivity contribution >= 4 is 26.5 Å². The van der Waals surface area contributed by atoms with Gasteiger partial charge in [0.2, 0.25) is 0 Å². The second-order valence-corrected chi connectivity index (χ2v) is 20.4. The number of hydrogen-bond acceptors (Lipinski definition) is 4. The molecular weight excluding hydrogens is 320 g/mol. The van der Waals surface area contributed by atoms with Gasteiger partial charge in [-0.15, -0.1) is 0 Å². The fourth-order valence-electron chi connectivity index (χ4n) is 0.941. The lowest BCUT2D eigenvalue weighted by molar-refractivity contribution is 0.315. The molecule has 0 aromatic carbocycles. The molecular formula is C14H34O4SSi2. The van der Waals surface area contributed by atoms with Crippen LogP contribution in [0.4, 0.5) is 0 Å². The summed E-state index contributed by atoms with van der Waals surface area (Å²) in [6.45, 7) is 20.8. The first-order chi connectivity index (χ1) is 8.91. The van der Waals surface area contributed by atoms with Crippen molar-refractivity contribution in [3.63, 3.8) is 0 Å². The van der Waals surface area contributed by atoms with Crippen molar-refractivity contribution in [3.8, 4) is 0 Å². The topological polar surface area (TPSA) is 52.6 Å².